The van der Waals surface area contributed by atoms with Gasteiger partial charge in [-0.25, -0.2) is 0 Å². The predicted molar refractivity (Wildman–Crippen MR) is 158 cm³/mol. The van der Waals surface area contributed by atoms with Gasteiger partial charge in [-0.1, -0.05) is 60.7 Å². The quantitative estimate of drug-likeness (QED) is 0.295. The minimum absolute atomic E-state index is 0.156. The van der Waals surface area contributed by atoms with E-state index in [1.54, 1.807) is 14.2 Å². The van der Waals surface area contributed by atoms with Crippen molar-refractivity contribution in [3.63, 3.8) is 0 Å². The lowest BCUT2D eigenvalue weighted by Gasteiger charge is -2.50. The largest absolute Gasteiger partial charge is 0.493 e. The highest BCUT2D eigenvalue weighted by atomic mass is 16.5. The normalized spacial score (nSPS) is 18.6. The number of nitrogens with zero attached hydrogens (tertiary/aromatic N) is 2. The molecule has 5 nitrogen and oxygen atoms in total. The van der Waals surface area contributed by atoms with Crippen LogP contribution in [-0.4, -0.2) is 37.1 Å². The SMILES string of the molecule is COc1cc2c(cc1OC)CC1(CCCCN1C(=O)CCC(CCC#N)(c1ccccc1)c1ccccc1)CC2. The van der Waals surface area contributed by atoms with Gasteiger partial charge >= 0.3 is 0 Å². The summed E-state index contributed by atoms with van der Waals surface area (Å²) < 4.78 is 11.2. The molecule has 2 aliphatic rings. The number of piperidine rings is 1. The number of hydrogen-bond donors (Lipinski definition) is 0. The van der Waals surface area contributed by atoms with Crippen molar-refractivity contribution in [2.45, 2.75) is 75.2 Å². The Labute approximate surface area is 238 Å². The molecule has 1 amide bonds. The fraction of sp³-hybridized carbons (Fsp3) is 0.429. The molecule has 0 bridgehead atoms. The molecule has 5 heteroatoms. The molecule has 1 aliphatic carbocycles. The summed E-state index contributed by atoms with van der Waals surface area (Å²) in [5.41, 5.74) is 4.36. The molecule has 1 unspecified atom stereocenters. The molecular weight excluding hydrogens is 496 g/mol. The van der Waals surface area contributed by atoms with Crippen molar-refractivity contribution in [3.05, 3.63) is 95.1 Å². The van der Waals surface area contributed by atoms with Crippen LogP contribution in [-0.2, 0) is 23.1 Å². The molecule has 5 rings (SSSR count). The first kappa shape index (κ1) is 27.8. The molecule has 1 saturated heterocycles. The van der Waals surface area contributed by atoms with E-state index in [0.29, 0.717) is 25.7 Å². The van der Waals surface area contributed by atoms with Gasteiger partial charge in [-0.2, -0.15) is 5.26 Å². The van der Waals surface area contributed by atoms with Crippen LogP contribution < -0.4 is 9.47 Å². The van der Waals surface area contributed by atoms with E-state index in [0.717, 1.165) is 56.6 Å². The molecule has 0 radical (unpaired) electrons. The van der Waals surface area contributed by atoms with Gasteiger partial charge in [0, 0.05) is 30.3 Å². The summed E-state index contributed by atoms with van der Waals surface area (Å²) in [5.74, 6) is 1.75. The zero-order valence-electron chi connectivity index (χ0n) is 23.8. The van der Waals surface area contributed by atoms with Crippen LogP contribution in [0.25, 0.3) is 0 Å². The Kier molecular flexibility index (Phi) is 8.45. The number of ether oxygens (including phenoxy) is 2. The van der Waals surface area contributed by atoms with E-state index < -0.39 is 0 Å². The molecular formula is C35H40N2O3. The van der Waals surface area contributed by atoms with E-state index in [-0.39, 0.29) is 16.9 Å². The van der Waals surface area contributed by atoms with E-state index in [1.165, 1.54) is 22.3 Å². The zero-order valence-corrected chi connectivity index (χ0v) is 23.8. The number of benzene rings is 3. The fourth-order valence-electron chi connectivity index (χ4n) is 7.21. The number of rotatable bonds is 9. The fourth-order valence-corrected chi connectivity index (χ4v) is 7.21. The second-order valence-corrected chi connectivity index (χ2v) is 11.4. The first-order chi connectivity index (χ1) is 19.5. The summed E-state index contributed by atoms with van der Waals surface area (Å²) >= 11 is 0. The first-order valence-corrected chi connectivity index (χ1v) is 14.6. The second-order valence-electron chi connectivity index (χ2n) is 11.4. The number of likely N-dealkylation sites (tertiary alicyclic amines) is 1. The monoisotopic (exact) mass is 536 g/mol. The molecule has 208 valence electrons. The molecule has 3 aromatic rings. The van der Waals surface area contributed by atoms with E-state index in [4.69, 9.17) is 9.47 Å². The topological polar surface area (TPSA) is 62.6 Å². The third-order valence-corrected chi connectivity index (χ3v) is 9.31. The molecule has 1 spiro atoms. The number of carbonyl (C=O) groups is 1. The molecule has 0 N–H and O–H groups in total. The maximum atomic E-state index is 14.2. The number of aryl methyl sites for hydroxylation is 1. The molecule has 3 aromatic carbocycles. The van der Waals surface area contributed by atoms with Crippen LogP contribution in [0, 0.1) is 11.3 Å². The summed E-state index contributed by atoms with van der Waals surface area (Å²) in [5, 5.41) is 9.58. The van der Waals surface area contributed by atoms with Crippen LogP contribution >= 0.6 is 0 Å². The lowest BCUT2D eigenvalue weighted by Crippen LogP contribution is -2.57. The summed E-state index contributed by atoms with van der Waals surface area (Å²) in [4.78, 5) is 16.4. The summed E-state index contributed by atoms with van der Waals surface area (Å²) in [6, 6.07) is 27.5. The van der Waals surface area contributed by atoms with Gasteiger partial charge in [0.25, 0.3) is 0 Å². The van der Waals surface area contributed by atoms with Crippen molar-refractivity contribution in [2.75, 3.05) is 20.8 Å². The Balaban J connectivity index is 1.43. The zero-order chi connectivity index (χ0) is 28.0. The van der Waals surface area contributed by atoms with E-state index in [9.17, 15) is 10.1 Å². The van der Waals surface area contributed by atoms with Crippen molar-refractivity contribution < 1.29 is 14.3 Å². The average Bonchev–Trinajstić information content (AvgIpc) is 3.01. The number of carbonyl (C=O) groups excluding carboxylic acids is 1. The van der Waals surface area contributed by atoms with Gasteiger partial charge < -0.3 is 14.4 Å². The molecule has 40 heavy (non-hydrogen) atoms. The van der Waals surface area contributed by atoms with Crippen molar-refractivity contribution in [2.24, 2.45) is 0 Å². The van der Waals surface area contributed by atoms with Gasteiger partial charge in [-0.05, 0) is 85.8 Å². The average molecular weight is 537 g/mol. The van der Waals surface area contributed by atoms with Crippen molar-refractivity contribution in [3.8, 4) is 17.6 Å². The Morgan fingerprint density at radius 1 is 0.900 bits per heavy atom. The molecule has 1 atom stereocenters. The van der Waals surface area contributed by atoms with Gasteiger partial charge in [0.2, 0.25) is 5.91 Å². The lowest BCUT2D eigenvalue weighted by atomic mass is 9.68. The Morgan fingerprint density at radius 2 is 1.52 bits per heavy atom. The third kappa shape index (κ3) is 5.32. The molecule has 1 heterocycles. The van der Waals surface area contributed by atoms with Crippen LogP contribution in [0.5, 0.6) is 11.5 Å². The summed E-state index contributed by atoms with van der Waals surface area (Å²) in [6.07, 6.45) is 8.23. The minimum atomic E-state index is -0.389. The highest BCUT2D eigenvalue weighted by molar-refractivity contribution is 5.78. The van der Waals surface area contributed by atoms with Crippen LogP contribution in [0.2, 0.25) is 0 Å². The molecule has 1 fully saturated rings. The van der Waals surface area contributed by atoms with Crippen LogP contribution in [0.1, 0.15) is 73.6 Å². The van der Waals surface area contributed by atoms with Crippen molar-refractivity contribution >= 4 is 5.91 Å². The van der Waals surface area contributed by atoms with Gasteiger partial charge in [0.1, 0.15) is 0 Å². The lowest BCUT2D eigenvalue weighted by molar-refractivity contribution is -0.141. The molecule has 0 aromatic heterocycles. The number of amides is 1. The van der Waals surface area contributed by atoms with Crippen LogP contribution in [0.4, 0.5) is 0 Å². The Bertz CT molecular complexity index is 1310. The summed E-state index contributed by atoms with van der Waals surface area (Å²) in [7, 11) is 3.36. The predicted octanol–water partition coefficient (Wildman–Crippen LogP) is 7.01. The maximum absolute atomic E-state index is 14.2. The standard InChI is InChI=1S/C35H40N2O3/c1-39-31-24-27-16-20-34(26-28(27)25-32(31)40-2)18-9-10-23-37(34)33(38)17-21-35(19-11-22-36,29-12-5-3-6-13-29)30-14-7-4-8-15-30/h3-8,12-15,24-25H,9-11,16-21,23,26H2,1-2H3. The number of fused-ring (bicyclic) bond motifs is 1. The summed E-state index contributed by atoms with van der Waals surface area (Å²) in [6.45, 7) is 0.809. The van der Waals surface area contributed by atoms with E-state index >= 15 is 0 Å². The van der Waals surface area contributed by atoms with Gasteiger partial charge in [0.15, 0.2) is 11.5 Å². The second kappa shape index (κ2) is 12.2. The maximum Gasteiger partial charge on any atom is 0.223 e. The number of nitriles is 1. The molecule has 0 saturated carbocycles. The van der Waals surface area contributed by atoms with Crippen molar-refractivity contribution in [1.29, 1.82) is 5.26 Å². The van der Waals surface area contributed by atoms with E-state index in [2.05, 4.69) is 71.6 Å². The van der Waals surface area contributed by atoms with Gasteiger partial charge in [0.05, 0.1) is 20.3 Å². The Hall–Kier alpha value is -3.78. The molecule has 1 aliphatic heterocycles. The van der Waals surface area contributed by atoms with Gasteiger partial charge in [-0.3, -0.25) is 4.79 Å². The Morgan fingerprint density at radius 3 is 2.12 bits per heavy atom. The van der Waals surface area contributed by atoms with Crippen LogP contribution in [0.15, 0.2) is 72.8 Å². The van der Waals surface area contributed by atoms with Gasteiger partial charge in [-0.15, -0.1) is 0 Å². The highest BCUT2D eigenvalue weighted by Crippen LogP contribution is 2.45. The van der Waals surface area contributed by atoms with E-state index in [1.807, 2.05) is 12.1 Å². The first-order valence-electron chi connectivity index (χ1n) is 14.6. The highest BCUT2D eigenvalue weighted by Gasteiger charge is 2.44. The number of hydrogen-bond acceptors (Lipinski definition) is 4. The minimum Gasteiger partial charge on any atom is -0.493 e. The number of methoxy groups -OCH3 is 2. The smallest absolute Gasteiger partial charge is 0.223 e. The van der Waals surface area contributed by atoms with Crippen molar-refractivity contribution in [1.82, 2.24) is 4.90 Å². The van der Waals surface area contributed by atoms with Crippen LogP contribution in [0.3, 0.4) is 0 Å². The third-order valence-electron chi connectivity index (χ3n) is 9.31.